The molecule has 0 aliphatic heterocycles. The van der Waals surface area contributed by atoms with E-state index in [9.17, 15) is 13.5 Å². The van der Waals surface area contributed by atoms with E-state index in [2.05, 4.69) is 4.72 Å². The van der Waals surface area contributed by atoms with Crippen LogP contribution in [0, 0.1) is 0 Å². The highest BCUT2D eigenvalue weighted by molar-refractivity contribution is 7.89. The van der Waals surface area contributed by atoms with Crippen LogP contribution in [-0.2, 0) is 14.8 Å². The van der Waals surface area contributed by atoms with Crippen LogP contribution >= 0.6 is 0 Å². The van der Waals surface area contributed by atoms with Gasteiger partial charge in [0.25, 0.3) is 0 Å². The summed E-state index contributed by atoms with van der Waals surface area (Å²) in [5.41, 5.74) is -0.634. The van der Waals surface area contributed by atoms with Gasteiger partial charge in [0, 0.05) is 7.11 Å². The molecule has 0 aromatic heterocycles. The van der Waals surface area contributed by atoms with Crippen molar-refractivity contribution in [3.63, 3.8) is 0 Å². The second kappa shape index (κ2) is 5.95. The Morgan fingerprint density at radius 3 is 2.44 bits per heavy atom. The highest BCUT2D eigenvalue weighted by atomic mass is 32.2. The molecule has 0 bridgehead atoms. The van der Waals surface area contributed by atoms with E-state index < -0.39 is 15.6 Å². The second-order valence-corrected chi connectivity index (χ2v) is 6.25. The third kappa shape index (κ3) is 4.01. The minimum Gasteiger partial charge on any atom is -0.394 e. The lowest BCUT2D eigenvalue weighted by molar-refractivity contribution is 0.141. The SMILES string of the molecule is COCCS(=O)(=O)NC1(CO)CCCCC1. The molecule has 0 aromatic rings. The summed E-state index contributed by atoms with van der Waals surface area (Å²) >= 11 is 0. The molecule has 0 atom stereocenters. The van der Waals surface area contributed by atoms with Crippen molar-refractivity contribution >= 4 is 10.0 Å². The third-order valence-electron chi connectivity index (χ3n) is 3.04. The van der Waals surface area contributed by atoms with Crippen LogP contribution in [0.2, 0.25) is 0 Å². The Labute approximate surface area is 97.2 Å². The van der Waals surface area contributed by atoms with Gasteiger partial charge in [0.2, 0.25) is 10.0 Å². The van der Waals surface area contributed by atoms with Crippen molar-refractivity contribution in [2.75, 3.05) is 26.1 Å². The average Bonchev–Trinajstić information content (AvgIpc) is 2.27. The first-order valence-corrected chi connectivity index (χ1v) is 7.30. The average molecular weight is 251 g/mol. The van der Waals surface area contributed by atoms with Gasteiger partial charge < -0.3 is 9.84 Å². The lowest BCUT2D eigenvalue weighted by Crippen LogP contribution is -2.53. The molecule has 6 heteroatoms. The number of sulfonamides is 1. The Morgan fingerprint density at radius 2 is 1.94 bits per heavy atom. The van der Waals surface area contributed by atoms with Crippen LogP contribution in [-0.4, -0.2) is 45.1 Å². The lowest BCUT2D eigenvalue weighted by Gasteiger charge is -2.35. The number of ether oxygens (including phenoxy) is 1. The van der Waals surface area contributed by atoms with Gasteiger partial charge >= 0.3 is 0 Å². The predicted octanol–water partition coefficient (Wildman–Crippen LogP) is 0.247. The van der Waals surface area contributed by atoms with Gasteiger partial charge in [0.1, 0.15) is 0 Å². The van der Waals surface area contributed by atoms with Gasteiger partial charge in [0.05, 0.1) is 24.5 Å². The number of methoxy groups -OCH3 is 1. The van der Waals surface area contributed by atoms with Crippen molar-refractivity contribution in [1.29, 1.82) is 0 Å². The number of nitrogens with one attached hydrogen (secondary N) is 1. The fourth-order valence-electron chi connectivity index (χ4n) is 2.09. The van der Waals surface area contributed by atoms with E-state index in [0.29, 0.717) is 0 Å². The first kappa shape index (κ1) is 13.9. The van der Waals surface area contributed by atoms with Gasteiger partial charge in [-0.05, 0) is 12.8 Å². The summed E-state index contributed by atoms with van der Waals surface area (Å²) in [6.07, 6.45) is 4.48. The van der Waals surface area contributed by atoms with E-state index in [1.807, 2.05) is 0 Å². The molecule has 0 heterocycles. The molecule has 0 spiro atoms. The first-order valence-electron chi connectivity index (χ1n) is 5.65. The quantitative estimate of drug-likeness (QED) is 0.709. The smallest absolute Gasteiger partial charge is 0.214 e. The Bertz CT molecular complexity index is 296. The van der Waals surface area contributed by atoms with Crippen molar-refractivity contribution in [2.45, 2.75) is 37.6 Å². The monoisotopic (exact) mass is 251 g/mol. The van der Waals surface area contributed by atoms with Gasteiger partial charge in [-0.15, -0.1) is 0 Å². The van der Waals surface area contributed by atoms with Gasteiger partial charge in [-0.3, -0.25) is 0 Å². The van der Waals surface area contributed by atoms with E-state index in [4.69, 9.17) is 4.74 Å². The second-order valence-electron chi connectivity index (χ2n) is 4.41. The Hall–Kier alpha value is -0.170. The predicted molar refractivity (Wildman–Crippen MR) is 61.7 cm³/mol. The molecule has 1 rings (SSSR count). The minimum atomic E-state index is -3.35. The fourth-order valence-corrected chi connectivity index (χ4v) is 3.51. The molecule has 16 heavy (non-hydrogen) atoms. The molecule has 0 radical (unpaired) electrons. The molecule has 0 amide bonds. The molecule has 0 saturated heterocycles. The molecule has 1 saturated carbocycles. The summed E-state index contributed by atoms with van der Waals surface area (Å²) in [5.74, 6) is -0.0503. The van der Waals surface area contributed by atoms with E-state index in [-0.39, 0.29) is 19.0 Å². The zero-order chi connectivity index (χ0) is 12.1. The van der Waals surface area contributed by atoms with Gasteiger partial charge in [0.15, 0.2) is 0 Å². The normalized spacial score (nSPS) is 20.9. The molecular weight excluding hydrogens is 230 g/mol. The first-order chi connectivity index (χ1) is 7.54. The van der Waals surface area contributed by atoms with Crippen molar-refractivity contribution in [3.05, 3.63) is 0 Å². The van der Waals surface area contributed by atoms with E-state index in [0.717, 1.165) is 32.1 Å². The maximum atomic E-state index is 11.7. The molecule has 1 aliphatic carbocycles. The van der Waals surface area contributed by atoms with Crippen molar-refractivity contribution < 1.29 is 18.3 Å². The number of hydrogen-bond acceptors (Lipinski definition) is 4. The standard InChI is InChI=1S/C10H21NO4S/c1-15-7-8-16(13,14)11-10(9-12)5-3-2-4-6-10/h11-12H,2-9H2,1H3. The van der Waals surface area contributed by atoms with Crippen LogP contribution in [0.25, 0.3) is 0 Å². The largest absolute Gasteiger partial charge is 0.394 e. The molecule has 1 fully saturated rings. The van der Waals surface area contributed by atoms with Crippen LogP contribution < -0.4 is 4.72 Å². The maximum Gasteiger partial charge on any atom is 0.214 e. The minimum absolute atomic E-state index is 0.0503. The molecule has 0 aromatic carbocycles. The summed E-state index contributed by atoms with van der Waals surface area (Å²) in [4.78, 5) is 0. The molecule has 96 valence electrons. The Kier molecular flexibility index (Phi) is 5.17. The molecule has 5 nitrogen and oxygen atoms in total. The van der Waals surface area contributed by atoms with Crippen LogP contribution in [0.1, 0.15) is 32.1 Å². The van der Waals surface area contributed by atoms with Crippen molar-refractivity contribution in [2.24, 2.45) is 0 Å². The van der Waals surface area contributed by atoms with Crippen LogP contribution in [0.4, 0.5) is 0 Å². The highest BCUT2D eigenvalue weighted by Crippen LogP contribution is 2.28. The summed E-state index contributed by atoms with van der Waals surface area (Å²) in [7, 11) is -1.88. The number of aliphatic hydroxyl groups excluding tert-OH is 1. The molecule has 1 aliphatic rings. The van der Waals surface area contributed by atoms with E-state index >= 15 is 0 Å². The summed E-state index contributed by atoms with van der Waals surface area (Å²) in [5, 5.41) is 9.37. The zero-order valence-corrected chi connectivity index (χ0v) is 10.6. The topological polar surface area (TPSA) is 75.6 Å². The highest BCUT2D eigenvalue weighted by Gasteiger charge is 2.35. The summed E-state index contributed by atoms with van der Waals surface area (Å²) < 4.78 is 30.8. The van der Waals surface area contributed by atoms with Crippen LogP contribution in [0.15, 0.2) is 0 Å². The maximum absolute atomic E-state index is 11.7. The van der Waals surface area contributed by atoms with E-state index in [1.165, 1.54) is 7.11 Å². The molecule has 0 unspecified atom stereocenters. The van der Waals surface area contributed by atoms with Crippen molar-refractivity contribution in [3.8, 4) is 0 Å². The Balaban J connectivity index is 2.61. The fraction of sp³-hybridized carbons (Fsp3) is 1.00. The number of hydrogen-bond donors (Lipinski definition) is 2. The number of aliphatic hydroxyl groups is 1. The summed E-state index contributed by atoms with van der Waals surface area (Å²) in [6.45, 7) is 0.0516. The van der Waals surface area contributed by atoms with Crippen LogP contribution in [0.3, 0.4) is 0 Å². The van der Waals surface area contributed by atoms with Gasteiger partial charge in [-0.25, -0.2) is 13.1 Å². The lowest BCUT2D eigenvalue weighted by atomic mass is 9.83. The van der Waals surface area contributed by atoms with Gasteiger partial charge in [-0.1, -0.05) is 19.3 Å². The molecular formula is C10H21NO4S. The summed E-state index contributed by atoms with van der Waals surface area (Å²) in [6, 6.07) is 0. The number of rotatable bonds is 6. The Morgan fingerprint density at radius 1 is 1.31 bits per heavy atom. The molecule has 2 N–H and O–H groups in total. The van der Waals surface area contributed by atoms with E-state index in [1.54, 1.807) is 0 Å². The van der Waals surface area contributed by atoms with Gasteiger partial charge in [-0.2, -0.15) is 0 Å². The van der Waals surface area contributed by atoms with Crippen molar-refractivity contribution in [1.82, 2.24) is 4.72 Å². The zero-order valence-electron chi connectivity index (χ0n) is 9.74. The van der Waals surface area contributed by atoms with Crippen LogP contribution in [0.5, 0.6) is 0 Å². The third-order valence-corrected chi connectivity index (χ3v) is 4.49.